The van der Waals surface area contributed by atoms with Gasteiger partial charge in [-0.2, -0.15) is 0 Å². The van der Waals surface area contributed by atoms with Crippen LogP contribution in [0.2, 0.25) is 5.02 Å². The smallest absolute Gasteiger partial charge is 0.246 e. The van der Waals surface area contributed by atoms with E-state index in [1.54, 1.807) is 17.0 Å². The molecule has 1 aromatic rings. The van der Waals surface area contributed by atoms with Crippen LogP contribution in [-0.2, 0) is 9.53 Å². The lowest BCUT2D eigenvalue weighted by molar-refractivity contribution is -0.129. The van der Waals surface area contributed by atoms with Crippen molar-refractivity contribution in [3.05, 3.63) is 28.9 Å². The molecule has 2 rings (SSSR count). The van der Waals surface area contributed by atoms with E-state index in [9.17, 15) is 4.79 Å². The summed E-state index contributed by atoms with van der Waals surface area (Å²) in [6, 6.07) is 1.67. The largest absolute Gasteiger partial charge is 0.383 e. The summed E-state index contributed by atoms with van der Waals surface area (Å²) < 4.78 is 5.18. The van der Waals surface area contributed by atoms with Crippen LogP contribution in [0.25, 0.3) is 6.08 Å². The van der Waals surface area contributed by atoms with Crippen LogP contribution in [0.15, 0.2) is 18.3 Å². The number of carbonyl (C=O) groups excluding carboxylic acids is 1. The van der Waals surface area contributed by atoms with Gasteiger partial charge in [0.05, 0.1) is 18.2 Å². The molecular weight excluding hydrogens is 254 g/mol. The van der Waals surface area contributed by atoms with E-state index < -0.39 is 0 Å². The number of rotatable bonds is 2. The number of anilines is 1. The number of amides is 1. The highest BCUT2D eigenvalue weighted by Crippen LogP contribution is 2.16. The summed E-state index contributed by atoms with van der Waals surface area (Å²) in [5.74, 6) is 0.295. The standard InChI is InChI=1S/C12H14ClN3O2/c13-10-7-9(12(14)15-8-10)1-2-11(17)16-3-5-18-6-4-16/h1-2,7-8H,3-6H2,(H2,14,15). The average molecular weight is 268 g/mol. The minimum Gasteiger partial charge on any atom is -0.383 e. The lowest BCUT2D eigenvalue weighted by Crippen LogP contribution is -2.39. The van der Waals surface area contributed by atoms with Crippen LogP contribution in [0, 0.1) is 0 Å². The van der Waals surface area contributed by atoms with Crippen molar-refractivity contribution in [2.24, 2.45) is 0 Å². The third kappa shape index (κ3) is 3.21. The number of nitrogens with zero attached hydrogens (tertiary/aromatic N) is 2. The molecule has 2 heterocycles. The van der Waals surface area contributed by atoms with Gasteiger partial charge in [-0.15, -0.1) is 0 Å². The van der Waals surface area contributed by atoms with Crippen molar-refractivity contribution in [3.63, 3.8) is 0 Å². The second-order valence-electron chi connectivity index (χ2n) is 3.90. The molecule has 96 valence electrons. The number of pyridine rings is 1. The molecular formula is C12H14ClN3O2. The molecule has 1 aliphatic rings. The molecule has 0 aliphatic carbocycles. The maximum absolute atomic E-state index is 11.9. The summed E-state index contributed by atoms with van der Waals surface area (Å²) >= 11 is 5.82. The fourth-order valence-electron chi connectivity index (χ4n) is 1.65. The number of ether oxygens (including phenoxy) is 1. The van der Waals surface area contributed by atoms with Crippen molar-refractivity contribution in [1.29, 1.82) is 0 Å². The van der Waals surface area contributed by atoms with E-state index in [1.807, 2.05) is 0 Å². The minimum absolute atomic E-state index is 0.0577. The maximum atomic E-state index is 11.9. The van der Waals surface area contributed by atoms with Crippen molar-refractivity contribution in [1.82, 2.24) is 9.88 Å². The lowest BCUT2D eigenvalue weighted by atomic mass is 10.2. The Labute approximate surface area is 110 Å². The minimum atomic E-state index is -0.0577. The van der Waals surface area contributed by atoms with Crippen LogP contribution in [0.4, 0.5) is 5.82 Å². The molecule has 18 heavy (non-hydrogen) atoms. The van der Waals surface area contributed by atoms with Gasteiger partial charge in [-0.25, -0.2) is 4.98 Å². The summed E-state index contributed by atoms with van der Waals surface area (Å²) in [4.78, 5) is 17.5. The molecule has 1 amide bonds. The topological polar surface area (TPSA) is 68.5 Å². The second-order valence-corrected chi connectivity index (χ2v) is 4.34. The fourth-order valence-corrected chi connectivity index (χ4v) is 1.82. The molecule has 1 aliphatic heterocycles. The number of aromatic nitrogens is 1. The van der Waals surface area contributed by atoms with Gasteiger partial charge >= 0.3 is 0 Å². The number of carbonyl (C=O) groups is 1. The van der Waals surface area contributed by atoms with Gasteiger partial charge in [0.25, 0.3) is 0 Å². The van der Waals surface area contributed by atoms with Gasteiger partial charge in [0.1, 0.15) is 5.82 Å². The molecule has 2 N–H and O–H groups in total. The second kappa shape index (κ2) is 5.84. The quantitative estimate of drug-likeness (QED) is 0.818. The Morgan fingerprint density at radius 3 is 2.94 bits per heavy atom. The Morgan fingerprint density at radius 2 is 2.22 bits per heavy atom. The highest BCUT2D eigenvalue weighted by molar-refractivity contribution is 6.30. The van der Waals surface area contributed by atoms with Crippen LogP contribution in [-0.4, -0.2) is 42.1 Å². The van der Waals surface area contributed by atoms with E-state index in [2.05, 4.69) is 4.98 Å². The van der Waals surface area contributed by atoms with Crippen LogP contribution in [0.3, 0.4) is 0 Å². The first-order valence-electron chi connectivity index (χ1n) is 5.62. The van der Waals surface area contributed by atoms with Crippen molar-refractivity contribution in [3.8, 4) is 0 Å². The van der Waals surface area contributed by atoms with Crippen LogP contribution in [0.5, 0.6) is 0 Å². The molecule has 1 saturated heterocycles. The SMILES string of the molecule is Nc1ncc(Cl)cc1C=CC(=O)N1CCOCC1. The van der Waals surface area contributed by atoms with Crippen LogP contribution >= 0.6 is 11.6 Å². The molecule has 0 aromatic carbocycles. The molecule has 0 saturated carbocycles. The first kappa shape index (κ1) is 12.9. The van der Waals surface area contributed by atoms with Crippen molar-refractivity contribution in [2.45, 2.75) is 0 Å². The number of halogens is 1. The van der Waals surface area contributed by atoms with Crippen molar-refractivity contribution >= 4 is 29.4 Å². The molecule has 0 unspecified atom stereocenters. The van der Waals surface area contributed by atoms with E-state index in [0.717, 1.165) is 0 Å². The van der Waals surface area contributed by atoms with E-state index in [4.69, 9.17) is 22.1 Å². The fraction of sp³-hybridized carbons (Fsp3) is 0.333. The Hall–Kier alpha value is -1.59. The zero-order valence-electron chi connectivity index (χ0n) is 9.80. The van der Waals surface area contributed by atoms with E-state index >= 15 is 0 Å². The van der Waals surface area contributed by atoms with Crippen molar-refractivity contribution in [2.75, 3.05) is 32.0 Å². The predicted octanol–water partition coefficient (Wildman–Crippen LogP) is 1.19. The Kier molecular flexibility index (Phi) is 4.17. The van der Waals surface area contributed by atoms with Crippen LogP contribution in [0.1, 0.15) is 5.56 Å². The highest BCUT2D eigenvalue weighted by Gasteiger charge is 2.14. The van der Waals surface area contributed by atoms with Gasteiger partial charge in [-0.05, 0) is 12.1 Å². The van der Waals surface area contributed by atoms with Gasteiger partial charge in [0.15, 0.2) is 0 Å². The number of hydrogen-bond acceptors (Lipinski definition) is 4. The molecule has 1 fully saturated rings. The maximum Gasteiger partial charge on any atom is 0.246 e. The van der Waals surface area contributed by atoms with Crippen LogP contribution < -0.4 is 5.73 Å². The van der Waals surface area contributed by atoms with Gasteiger partial charge < -0.3 is 15.4 Å². The monoisotopic (exact) mass is 267 g/mol. The first-order chi connectivity index (χ1) is 8.66. The lowest BCUT2D eigenvalue weighted by Gasteiger charge is -2.25. The molecule has 6 heteroatoms. The zero-order valence-corrected chi connectivity index (χ0v) is 10.6. The summed E-state index contributed by atoms with van der Waals surface area (Å²) in [5, 5.41) is 0.489. The van der Waals surface area contributed by atoms with Gasteiger partial charge in [-0.1, -0.05) is 11.6 Å². The molecule has 0 atom stereocenters. The summed E-state index contributed by atoms with van der Waals surface area (Å²) in [7, 11) is 0. The first-order valence-corrected chi connectivity index (χ1v) is 6.00. The van der Waals surface area contributed by atoms with Gasteiger partial charge in [-0.3, -0.25) is 4.79 Å². The molecule has 0 radical (unpaired) electrons. The number of hydrogen-bond donors (Lipinski definition) is 1. The Bertz CT molecular complexity index is 470. The molecule has 5 nitrogen and oxygen atoms in total. The highest BCUT2D eigenvalue weighted by atomic mass is 35.5. The zero-order chi connectivity index (χ0) is 13.0. The van der Waals surface area contributed by atoms with Gasteiger partial charge in [0, 0.05) is 30.9 Å². The third-order valence-corrected chi connectivity index (χ3v) is 2.85. The summed E-state index contributed by atoms with van der Waals surface area (Å²) in [6.45, 7) is 2.40. The number of nitrogens with two attached hydrogens (primary N) is 1. The summed E-state index contributed by atoms with van der Waals surface area (Å²) in [6.07, 6.45) is 4.58. The number of nitrogen functional groups attached to an aromatic ring is 1. The molecule has 0 spiro atoms. The van der Waals surface area contributed by atoms with E-state index in [1.165, 1.54) is 12.3 Å². The Morgan fingerprint density at radius 1 is 1.50 bits per heavy atom. The van der Waals surface area contributed by atoms with Gasteiger partial charge in [0.2, 0.25) is 5.91 Å². The third-order valence-electron chi connectivity index (χ3n) is 2.64. The predicted molar refractivity (Wildman–Crippen MR) is 70.1 cm³/mol. The van der Waals surface area contributed by atoms with Crippen molar-refractivity contribution < 1.29 is 9.53 Å². The Balaban J connectivity index is 2.05. The van der Waals surface area contributed by atoms with E-state index in [0.29, 0.717) is 42.7 Å². The molecule has 0 bridgehead atoms. The molecule has 1 aromatic heterocycles. The van der Waals surface area contributed by atoms with E-state index in [-0.39, 0.29) is 5.91 Å². The normalized spacial score (nSPS) is 16.2. The average Bonchev–Trinajstić information content (AvgIpc) is 2.40. The number of morpholine rings is 1. The summed E-state index contributed by atoms with van der Waals surface area (Å²) in [5.41, 5.74) is 6.33.